The first-order valence-corrected chi connectivity index (χ1v) is 21.3. The average Bonchev–Trinajstić information content (AvgIpc) is 3.08. The molecule has 1 atom stereocenters. The number of carboxylic acids is 1. The van der Waals surface area contributed by atoms with E-state index in [9.17, 15) is 14.4 Å². The molecule has 11 heteroatoms. The van der Waals surface area contributed by atoms with Crippen molar-refractivity contribution in [2.24, 2.45) is 0 Å². The number of rotatable bonds is 17. The maximum atomic E-state index is 13.8. The van der Waals surface area contributed by atoms with E-state index in [1.807, 2.05) is 63.2 Å². The number of carboxylic acid groups (broad SMARTS) is 1. The van der Waals surface area contributed by atoms with Crippen LogP contribution in [0.25, 0.3) is 10.9 Å². The van der Waals surface area contributed by atoms with Crippen LogP contribution in [0.5, 0.6) is 11.5 Å². The first-order valence-electron chi connectivity index (χ1n) is 18.4. The van der Waals surface area contributed by atoms with E-state index in [0.717, 1.165) is 42.2 Å². The van der Waals surface area contributed by atoms with Crippen molar-refractivity contribution in [1.82, 2.24) is 9.88 Å². The molecule has 4 aromatic rings. The number of H-pyrrole nitrogens is 1. The van der Waals surface area contributed by atoms with E-state index in [2.05, 4.69) is 38.8 Å². The van der Waals surface area contributed by atoms with Gasteiger partial charge in [-0.05, 0) is 99.3 Å². The first kappa shape index (κ1) is 41.1. The predicted molar refractivity (Wildman–Crippen MR) is 212 cm³/mol. The molecule has 0 fully saturated rings. The lowest BCUT2D eigenvalue weighted by molar-refractivity contribution is 0.0153. The highest BCUT2D eigenvalue weighted by molar-refractivity contribution is 6.74. The van der Waals surface area contributed by atoms with Crippen molar-refractivity contribution in [2.45, 2.75) is 104 Å². The van der Waals surface area contributed by atoms with Gasteiger partial charge in [0.2, 0.25) is 5.56 Å². The highest BCUT2D eigenvalue weighted by Gasteiger charge is 2.41. The van der Waals surface area contributed by atoms with Gasteiger partial charge >= 0.3 is 12.1 Å². The van der Waals surface area contributed by atoms with Gasteiger partial charge in [0.05, 0.1) is 30.3 Å². The third kappa shape index (κ3) is 12.2. The summed E-state index contributed by atoms with van der Waals surface area (Å²) < 4.78 is 25.1. The third-order valence-corrected chi connectivity index (χ3v) is 13.9. The lowest BCUT2D eigenvalue weighted by Gasteiger charge is -2.41. The number of nitrogens with zero attached hydrogens (tertiary/aromatic N) is 1. The Morgan fingerprint density at radius 1 is 0.830 bits per heavy atom. The molecule has 1 heterocycles. The van der Waals surface area contributed by atoms with Crippen LogP contribution >= 0.6 is 0 Å². The summed E-state index contributed by atoms with van der Waals surface area (Å²) >= 11 is 0. The Bertz CT molecular complexity index is 1860. The van der Waals surface area contributed by atoms with E-state index in [4.69, 9.17) is 23.7 Å². The van der Waals surface area contributed by atoms with Crippen molar-refractivity contribution in [3.63, 3.8) is 0 Å². The van der Waals surface area contributed by atoms with Gasteiger partial charge in [-0.1, -0.05) is 70.0 Å². The summed E-state index contributed by atoms with van der Waals surface area (Å²) in [6, 6.07) is 23.4. The van der Waals surface area contributed by atoms with Crippen LogP contribution in [0.2, 0.25) is 18.1 Å². The van der Waals surface area contributed by atoms with Crippen molar-refractivity contribution in [1.29, 1.82) is 0 Å². The number of pyridine rings is 1. The van der Waals surface area contributed by atoms with Crippen LogP contribution in [0.15, 0.2) is 83.7 Å². The number of nitrogens with one attached hydrogen (secondary N) is 1. The normalized spacial score (nSPS) is 12.7. The van der Waals surface area contributed by atoms with Gasteiger partial charge in [0.15, 0.2) is 8.32 Å². The van der Waals surface area contributed by atoms with Crippen LogP contribution < -0.4 is 15.0 Å². The first-order chi connectivity index (χ1) is 24.9. The van der Waals surface area contributed by atoms with Gasteiger partial charge in [-0.2, -0.15) is 0 Å². The SMILES string of the molecule is CC(C)(C)OC(=O)N(CCCCCCOc1ccc(C(=O)O)cc1)CC(O[Si](C)(C)C(C)(C)C)c1ccc(OCc2ccccc2)c2[nH]c(=O)ccc12. The van der Waals surface area contributed by atoms with Crippen molar-refractivity contribution in [3.8, 4) is 11.5 Å². The molecule has 0 aliphatic carbocycles. The number of amides is 1. The molecule has 1 unspecified atom stereocenters. The molecule has 1 amide bonds. The number of hydrogen-bond donors (Lipinski definition) is 2. The maximum Gasteiger partial charge on any atom is 0.410 e. The van der Waals surface area contributed by atoms with Crippen molar-refractivity contribution in [3.05, 3.63) is 106 Å². The molecule has 4 rings (SSSR count). The monoisotopic (exact) mass is 744 g/mol. The van der Waals surface area contributed by atoms with Crippen molar-refractivity contribution >= 4 is 31.3 Å². The summed E-state index contributed by atoms with van der Waals surface area (Å²) in [4.78, 5) is 42.3. The molecular formula is C42H56N2O8Si. The second-order valence-corrected chi connectivity index (χ2v) is 20.7. The van der Waals surface area contributed by atoms with Gasteiger partial charge in [-0.3, -0.25) is 4.79 Å². The number of benzene rings is 3. The lowest BCUT2D eigenvalue weighted by Crippen LogP contribution is -2.46. The molecule has 0 spiro atoms. The van der Waals surface area contributed by atoms with Crippen LogP contribution in [0, 0.1) is 0 Å². The number of hydrogen-bond acceptors (Lipinski definition) is 7. The number of aromatic nitrogens is 1. The number of aromatic carboxylic acids is 1. The number of unbranched alkanes of at least 4 members (excludes halogenated alkanes) is 3. The predicted octanol–water partition coefficient (Wildman–Crippen LogP) is 9.74. The van der Waals surface area contributed by atoms with E-state index >= 15 is 0 Å². The van der Waals surface area contributed by atoms with Crippen molar-refractivity contribution < 1.29 is 33.3 Å². The van der Waals surface area contributed by atoms with Crippen LogP contribution in [0.4, 0.5) is 4.79 Å². The summed E-state index contributed by atoms with van der Waals surface area (Å²) in [6.45, 7) is 18.1. The summed E-state index contributed by atoms with van der Waals surface area (Å²) in [5.74, 6) is 0.217. The zero-order valence-electron chi connectivity index (χ0n) is 32.5. The Morgan fingerprint density at radius 2 is 1.51 bits per heavy atom. The minimum atomic E-state index is -2.39. The average molecular weight is 745 g/mol. The molecule has 286 valence electrons. The lowest BCUT2D eigenvalue weighted by atomic mass is 10.0. The number of carbonyl (C=O) groups excluding carboxylic acids is 1. The van der Waals surface area contributed by atoms with E-state index in [1.165, 1.54) is 18.2 Å². The molecule has 0 saturated carbocycles. The summed E-state index contributed by atoms with van der Waals surface area (Å²) in [5.41, 5.74) is 1.74. The summed E-state index contributed by atoms with van der Waals surface area (Å²) in [6.07, 6.45) is 2.40. The highest BCUT2D eigenvalue weighted by atomic mass is 28.4. The number of carbonyl (C=O) groups is 2. The quantitative estimate of drug-likeness (QED) is 0.0808. The Morgan fingerprint density at radius 3 is 2.15 bits per heavy atom. The minimum absolute atomic E-state index is 0.106. The second-order valence-electron chi connectivity index (χ2n) is 15.9. The molecule has 3 aromatic carbocycles. The minimum Gasteiger partial charge on any atom is -0.494 e. The fourth-order valence-electron chi connectivity index (χ4n) is 5.54. The van der Waals surface area contributed by atoms with Crippen LogP contribution in [-0.2, 0) is 15.8 Å². The summed E-state index contributed by atoms with van der Waals surface area (Å²) in [7, 11) is -2.39. The van der Waals surface area contributed by atoms with E-state index in [-0.39, 0.29) is 22.7 Å². The Balaban J connectivity index is 1.55. The van der Waals surface area contributed by atoms with E-state index in [1.54, 1.807) is 23.1 Å². The molecular weight excluding hydrogens is 689 g/mol. The zero-order chi connectivity index (χ0) is 38.8. The number of fused-ring (bicyclic) bond motifs is 1. The molecule has 10 nitrogen and oxygen atoms in total. The second kappa shape index (κ2) is 17.9. The number of ether oxygens (including phenoxy) is 3. The van der Waals surface area contributed by atoms with Crippen LogP contribution in [0.3, 0.4) is 0 Å². The molecule has 0 aliphatic rings. The van der Waals surface area contributed by atoms with Gasteiger partial charge in [0, 0.05) is 18.0 Å². The number of aromatic amines is 1. The van der Waals surface area contributed by atoms with Gasteiger partial charge in [-0.15, -0.1) is 0 Å². The van der Waals surface area contributed by atoms with Crippen LogP contribution in [-0.4, -0.2) is 60.7 Å². The molecule has 0 aliphatic heterocycles. The van der Waals surface area contributed by atoms with Gasteiger partial charge < -0.3 is 33.6 Å². The maximum absolute atomic E-state index is 13.8. The van der Waals surface area contributed by atoms with E-state index < -0.39 is 32.1 Å². The summed E-state index contributed by atoms with van der Waals surface area (Å²) in [5, 5.41) is 9.79. The molecule has 2 N–H and O–H groups in total. The standard InChI is InChI=1S/C42H56N2O8Si/c1-41(2,3)51-40(48)44(26-14-9-10-15-27-49-32-20-18-31(19-21-32)39(46)47)28-36(52-53(7,8)42(4,5)6)33-22-24-35(38-34(33)23-25-37(45)43-38)50-29-30-16-12-11-13-17-30/h11-13,16-25,36H,9-10,14-15,26-29H2,1-8H3,(H,43,45)(H,46,47). The zero-order valence-corrected chi connectivity index (χ0v) is 33.5. The third-order valence-electron chi connectivity index (χ3n) is 9.45. The molecule has 53 heavy (non-hydrogen) atoms. The largest absolute Gasteiger partial charge is 0.494 e. The van der Waals surface area contributed by atoms with Crippen LogP contribution in [0.1, 0.15) is 94.8 Å². The Hall–Kier alpha value is -4.61. The molecule has 0 radical (unpaired) electrons. The fraction of sp³-hybridized carbons (Fsp3) is 0.452. The van der Waals surface area contributed by atoms with Gasteiger partial charge in [0.1, 0.15) is 23.7 Å². The smallest absolute Gasteiger partial charge is 0.410 e. The highest BCUT2D eigenvalue weighted by Crippen LogP contribution is 2.42. The van der Waals surface area contributed by atoms with Crippen molar-refractivity contribution in [2.75, 3.05) is 19.7 Å². The molecule has 0 saturated heterocycles. The van der Waals surface area contributed by atoms with E-state index in [0.29, 0.717) is 36.8 Å². The molecule has 1 aromatic heterocycles. The Labute approximate surface area is 314 Å². The fourth-order valence-corrected chi connectivity index (χ4v) is 6.81. The van der Waals surface area contributed by atoms with Gasteiger partial charge in [-0.25, -0.2) is 9.59 Å². The molecule has 0 bridgehead atoms. The topological polar surface area (TPSA) is 127 Å². The van der Waals surface area contributed by atoms with Gasteiger partial charge in [0.25, 0.3) is 0 Å². The Kier molecular flexibility index (Phi) is 13.9.